The standard InChI is InChI=1S/C21H22N4O/c1-21(14-19(26)25(2)20(23)24-21)18-10-4-9-17(13-18)16-8-3-6-15(12-16)7-5-11-22/h3-4,6,8-10,12-13H,5,7,14H2,1-2H3,(H2,23,24)/t21-/m0/s1. The molecule has 26 heavy (non-hydrogen) atoms. The molecule has 0 aromatic heterocycles. The van der Waals surface area contributed by atoms with Gasteiger partial charge in [0.1, 0.15) is 0 Å². The second-order valence-corrected chi connectivity index (χ2v) is 6.87. The van der Waals surface area contributed by atoms with Gasteiger partial charge in [0, 0.05) is 13.5 Å². The minimum absolute atomic E-state index is 0.0693. The third-order valence-electron chi connectivity index (χ3n) is 4.89. The molecule has 1 fully saturated rings. The first kappa shape index (κ1) is 17.7. The number of carbonyl (C=O) groups is 1. The number of hydrogen-bond acceptors (Lipinski definition) is 3. The van der Waals surface area contributed by atoms with Crippen LogP contribution in [0.15, 0.2) is 48.5 Å². The Bertz CT molecular complexity index is 879. The van der Waals surface area contributed by atoms with Gasteiger partial charge >= 0.3 is 0 Å². The molecule has 0 bridgehead atoms. The molecule has 132 valence electrons. The van der Waals surface area contributed by atoms with E-state index in [4.69, 9.17) is 10.7 Å². The highest BCUT2D eigenvalue weighted by Crippen LogP contribution is 2.31. The number of aryl methyl sites for hydroxylation is 1. The van der Waals surface area contributed by atoms with E-state index < -0.39 is 5.54 Å². The van der Waals surface area contributed by atoms with Gasteiger partial charge in [-0.1, -0.05) is 42.5 Å². The summed E-state index contributed by atoms with van der Waals surface area (Å²) >= 11 is 0. The molecular weight excluding hydrogens is 324 g/mol. The summed E-state index contributed by atoms with van der Waals surface area (Å²) in [6, 6.07) is 18.4. The second kappa shape index (κ2) is 7.01. The van der Waals surface area contributed by atoms with Gasteiger partial charge < -0.3 is 5.32 Å². The van der Waals surface area contributed by atoms with Crippen LogP contribution in [0.2, 0.25) is 0 Å². The quantitative estimate of drug-likeness (QED) is 0.890. The zero-order chi connectivity index (χ0) is 18.7. The Hall–Kier alpha value is -3.13. The molecule has 2 aromatic carbocycles. The summed E-state index contributed by atoms with van der Waals surface area (Å²) < 4.78 is 0. The molecule has 1 aliphatic heterocycles. The lowest BCUT2D eigenvalue weighted by Gasteiger charge is -2.39. The first-order chi connectivity index (χ1) is 12.4. The highest BCUT2D eigenvalue weighted by atomic mass is 16.2. The molecule has 0 aliphatic carbocycles. The van der Waals surface area contributed by atoms with Crippen LogP contribution in [0, 0.1) is 16.7 Å². The summed E-state index contributed by atoms with van der Waals surface area (Å²) in [5.74, 6) is 0.0489. The van der Waals surface area contributed by atoms with Crippen molar-refractivity contribution < 1.29 is 4.79 Å². The van der Waals surface area contributed by atoms with Crippen LogP contribution in [-0.2, 0) is 16.8 Å². The van der Waals surface area contributed by atoms with Crippen LogP contribution in [0.4, 0.5) is 0 Å². The number of nitrogens with zero attached hydrogens (tertiary/aromatic N) is 2. The summed E-state index contributed by atoms with van der Waals surface area (Å²) in [6.45, 7) is 1.95. The minimum atomic E-state index is -0.602. The van der Waals surface area contributed by atoms with E-state index in [1.54, 1.807) is 7.05 Å². The zero-order valence-electron chi connectivity index (χ0n) is 15.0. The van der Waals surface area contributed by atoms with Crippen molar-refractivity contribution in [1.82, 2.24) is 10.2 Å². The Morgan fingerprint density at radius 3 is 2.62 bits per heavy atom. The maximum atomic E-state index is 12.2. The molecule has 0 radical (unpaired) electrons. The van der Waals surface area contributed by atoms with Gasteiger partial charge in [-0.05, 0) is 41.7 Å². The lowest BCUT2D eigenvalue weighted by molar-refractivity contribution is -0.129. The van der Waals surface area contributed by atoms with Gasteiger partial charge in [-0.2, -0.15) is 5.26 Å². The number of benzene rings is 2. The molecule has 5 heteroatoms. The van der Waals surface area contributed by atoms with Gasteiger partial charge in [0.25, 0.3) is 0 Å². The van der Waals surface area contributed by atoms with Gasteiger partial charge in [0.15, 0.2) is 5.96 Å². The van der Waals surface area contributed by atoms with Crippen molar-refractivity contribution >= 4 is 11.9 Å². The van der Waals surface area contributed by atoms with E-state index in [1.807, 2.05) is 43.3 Å². The number of amides is 1. The third-order valence-corrected chi connectivity index (χ3v) is 4.89. The summed E-state index contributed by atoms with van der Waals surface area (Å²) in [5.41, 5.74) is 3.65. The predicted octanol–water partition coefficient (Wildman–Crippen LogP) is 3.41. The first-order valence-corrected chi connectivity index (χ1v) is 8.63. The first-order valence-electron chi connectivity index (χ1n) is 8.63. The molecule has 1 amide bonds. The van der Waals surface area contributed by atoms with Crippen LogP contribution in [0.1, 0.15) is 30.9 Å². The molecular formula is C21H22N4O. The molecule has 2 N–H and O–H groups in total. The van der Waals surface area contributed by atoms with Gasteiger partial charge in [-0.25, -0.2) is 0 Å². The number of carbonyl (C=O) groups excluding carboxylic acids is 1. The van der Waals surface area contributed by atoms with Crippen molar-refractivity contribution in [2.24, 2.45) is 0 Å². The molecule has 0 saturated carbocycles. The third kappa shape index (κ3) is 3.45. The smallest absolute Gasteiger partial charge is 0.231 e. The molecule has 1 atom stereocenters. The number of nitriles is 1. The van der Waals surface area contributed by atoms with Crippen molar-refractivity contribution in [2.45, 2.75) is 31.7 Å². The largest absolute Gasteiger partial charge is 0.346 e. The number of rotatable bonds is 4. The minimum Gasteiger partial charge on any atom is -0.346 e. The number of guanidine groups is 1. The van der Waals surface area contributed by atoms with Crippen molar-refractivity contribution in [1.29, 1.82) is 10.7 Å². The Morgan fingerprint density at radius 2 is 1.92 bits per heavy atom. The number of hydrogen-bond donors (Lipinski definition) is 2. The van der Waals surface area contributed by atoms with Crippen LogP contribution < -0.4 is 5.32 Å². The Kier molecular flexibility index (Phi) is 4.77. The average Bonchev–Trinajstić information content (AvgIpc) is 2.65. The van der Waals surface area contributed by atoms with Crippen LogP contribution in [0.5, 0.6) is 0 Å². The number of nitrogens with one attached hydrogen (secondary N) is 2. The Balaban J connectivity index is 1.93. The van der Waals surface area contributed by atoms with Crippen molar-refractivity contribution in [3.05, 3.63) is 59.7 Å². The lowest BCUT2D eigenvalue weighted by Crippen LogP contribution is -2.58. The molecule has 0 unspecified atom stereocenters. The van der Waals surface area contributed by atoms with Crippen molar-refractivity contribution in [2.75, 3.05) is 7.05 Å². The van der Waals surface area contributed by atoms with Gasteiger partial charge in [0.2, 0.25) is 5.91 Å². The Labute approximate surface area is 153 Å². The molecule has 1 heterocycles. The van der Waals surface area contributed by atoms with Gasteiger partial charge in [-0.3, -0.25) is 15.1 Å². The van der Waals surface area contributed by atoms with E-state index in [9.17, 15) is 4.79 Å². The van der Waals surface area contributed by atoms with Crippen LogP contribution in [-0.4, -0.2) is 23.8 Å². The second-order valence-electron chi connectivity index (χ2n) is 6.87. The van der Waals surface area contributed by atoms with Gasteiger partial charge in [0.05, 0.1) is 18.0 Å². The average molecular weight is 346 g/mol. The van der Waals surface area contributed by atoms with E-state index >= 15 is 0 Å². The fourth-order valence-corrected chi connectivity index (χ4v) is 3.26. The predicted molar refractivity (Wildman–Crippen MR) is 101 cm³/mol. The van der Waals surface area contributed by atoms with E-state index in [1.165, 1.54) is 4.90 Å². The molecule has 3 rings (SSSR count). The zero-order valence-corrected chi connectivity index (χ0v) is 15.0. The SMILES string of the molecule is CN1C(=N)N[C@](C)(c2cccc(-c3cccc(CCC#N)c3)c2)CC1=O. The molecule has 1 saturated heterocycles. The van der Waals surface area contributed by atoms with E-state index in [-0.39, 0.29) is 11.9 Å². The summed E-state index contributed by atoms with van der Waals surface area (Å²) in [7, 11) is 1.61. The fraction of sp³-hybridized carbons (Fsp3) is 0.286. The van der Waals surface area contributed by atoms with Crippen LogP contribution >= 0.6 is 0 Å². The molecule has 5 nitrogen and oxygen atoms in total. The van der Waals surface area contributed by atoms with E-state index in [0.29, 0.717) is 12.8 Å². The van der Waals surface area contributed by atoms with Crippen LogP contribution in [0.3, 0.4) is 0 Å². The topological polar surface area (TPSA) is 80.0 Å². The van der Waals surface area contributed by atoms with Crippen molar-refractivity contribution in [3.63, 3.8) is 0 Å². The van der Waals surface area contributed by atoms with E-state index in [0.717, 1.165) is 28.7 Å². The molecule has 2 aromatic rings. The molecule has 0 spiro atoms. The van der Waals surface area contributed by atoms with E-state index in [2.05, 4.69) is 23.5 Å². The molecule has 1 aliphatic rings. The van der Waals surface area contributed by atoms with Gasteiger partial charge in [-0.15, -0.1) is 0 Å². The monoisotopic (exact) mass is 346 g/mol. The highest BCUT2D eigenvalue weighted by molar-refractivity contribution is 5.98. The Morgan fingerprint density at radius 1 is 1.23 bits per heavy atom. The summed E-state index contributed by atoms with van der Waals surface area (Å²) in [6.07, 6.45) is 1.54. The highest BCUT2D eigenvalue weighted by Gasteiger charge is 2.37. The maximum Gasteiger partial charge on any atom is 0.231 e. The normalized spacial score (nSPS) is 19.8. The summed E-state index contributed by atoms with van der Waals surface area (Å²) in [4.78, 5) is 13.5. The van der Waals surface area contributed by atoms with Crippen LogP contribution in [0.25, 0.3) is 11.1 Å². The maximum absolute atomic E-state index is 12.2. The summed E-state index contributed by atoms with van der Waals surface area (Å²) in [5, 5.41) is 19.9. The van der Waals surface area contributed by atoms with Crippen molar-refractivity contribution in [3.8, 4) is 17.2 Å². The fourth-order valence-electron chi connectivity index (χ4n) is 3.26. The lowest BCUT2D eigenvalue weighted by atomic mass is 9.85.